The molecule has 2 aromatic rings. The highest BCUT2D eigenvalue weighted by molar-refractivity contribution is 7.09. The summed E-state index contributed by atoms with van der Waals surface area (Å²) in [5, 5.41) is 2.69. The van der Waals surface area contributed by atoms with Crippen molar-refractivity contribution in [2.24, 2.45) is 0 Å². The lowest BCUT2D eigenvalue weighted by atomic mass is 10.1. The number of hydrogen-bond acceptors (Lipinski definition) is 3. The third-order valence-corrected chi connectivity index (χ3v) is 2.81. The molecule has 0 radical (unpaired) electrons. The minimum Gasteiger partial charge on any atom is -0.298 e. The number of carbonyl (C=O) groups is 1. The van der Waals surface area contributed by atoms with E-state index in [1.807, 2.05) is 5.38 Å². The van der Waals surface area contributed by atoms with E-state index >= 15 is 0 Å². The van der Waals surface area contributed by atoms with Crippen LogP contribution < -0.4 is 0 Å². The Morgan fingerprint density at radius 1 is 1.47 bits per heavy atom. The first kappa shape index (κ1) is 9.98. The van der Waals surface area contributed by atoms with E-state index in [1.54, 1.807) is 12.3 Å². The first-order valence-electron chi connectivity index (χ1n) is 4.41. The van der Waals surface area contributed by atoms with E-state index in [0.29, 0.717) is 23.8 Å². The van der Waals surface area contributed by atoms with Crippen molar-refractivity contribution in [3.8, 4) is 0 Å². The van der Waals surface area contributed by atoms with Crippen LogP contribution in [-0.4, -0.2) is 11.3 Å². The van der Waals surface area contributed by atoms with E-state index in [0.717, 1.165) is 5.01 Å². The molecule has 0 aliphatic carbocycles. The fourth-order valence-electron chi connectivity index (χ4n) is 1.31. The summed E-state index contributed by atoms with van der Waals surface area (Å²) in [6.45, 7) is 0. The molecule has 15 heavy (non-hydrogen) atoms. The lowest BCUT2D eigenvalue weighted by Gasteiger charge is -2.01. The van der Waals surface area contributed by atoms with Crippen LogP contribution in [0.4, 0.5) is 4.39 Å². The molecule has 0 N–H and O–H groups in total. The first-order valence-corrected chi connectivity index (χ1v) is 5.29. The molecule has 0 spiro atoms. The summed E-state index contributed by atoms with van der Waals surface area (Å²) >= 11 is 1.47. The SMILES string of the molecule is O=Cc1ccc(F)c(Cc2nccs2)c1. The van der Waals surface area contributed by atoms with Gasteiger partial charge in [0.15, 0.2) is 0 Å². The molecule has 1 heterocycles. The van der Waals surface area contributed by atoms with Gasteiger partial charge in [0, 0.05) is 23.6 Å². The van der Waals surface area contributed by atoms with Crippen LogP contribution in [0.2, 0.25) is 0 Å². The van der Waals surface area contributed by atoms with Crippen molar-refractivity contribution < 1.29 is 9.18 Å². The van der Waals surface area contributed by atoms with Crippen molar-refractivity contribution in [2.45, 2.75) is 6.42 Å². The minimum atomic E-state index is -0.296. The largest absolute Gasteiger partial charge is 0.298 e. The predicted octanol–water partition coefficient (Wildman–Crippen LogP) is 2.69. The topological polar surface area (TPSA) is 30.0 Å². The zero-order valence-corrected chi connectivity index (χ0v) is 8.63. The highest BCUT2D eigenvalue weighted by atomic mass is 32.1. The van der Waals surface area contributed by atoms with Gasteiger partial charge < -0.3 is 0 Å². The molecule has 0 saturated carbocycles. The average Bonchev–Trinajstić information content (AvgIpc) is 2.74. The van der Waals surface area contributed by atoms with Crippen LogP contribution in [0.15, 0.2) is 29.8 Å². The van der Waals surface area contributed by atoms with Crippen molar-refractivity contribution in [1.82, 2.24) is 4.98 Å². The molecule has 2 rings (SSSR count). The average molecular weight is 221 g/mol. The standard InChI is InChI=1S/C11H8FNOS/c12-10-2-1-8(7-14)5-9(10)6-11-13-3-4-15-11/h1-5,7H,6H2. The molecule has 1 aromatic carbocycles. The number of rotatable bonds is 3. The van der Waals surface area contributed by atoms with Crippen LogP contribution in [-0.2, 0) is 6.42 Å². The van der Waals surface area contributed by atoms with Gasteiger partial charge in [-0.05, 0) is 23.8 Å². The molecule has 0 atom stereocenters. The maximum atomic E-state index is 13.4. The van der Waals surface area contributed by atoms with Crippen LogP contribution in [0.3, 0.4) is 0 Å². The summed E-state index contributed by atoms with van der Waals surface area (Å²) in [6, 6.07) is 4.34. The first-order chi connectivity index (χ1) is 7.29. The Labute approximate surface area is 90.4 Å². The van der Waals surface area contributed by atoms with Crippen LogP contribution in [0.25, 0.3) is 0 Å². The van der Waals surface area contributed by atoms with Crippen LogP contribution in [0.1, 0.15) is 20.9 Å². The summed E-state index contributed by atoms with van der Waals surface area (Å²) < 4.78 is 13.4. The van der Waals surface area contributed by atoms with E-state index in [9.17, 15) is 9.18 Å². The van der Waals surface area contributed by atoms with Crippen molar-refractivity contribution in [2.75, 3.05) is 0 Å². The highest BCUT2D eigenvalue weighted by Crippen LogP contribution is 2.16. The normalized spacial score (nSPS) is 10.2. The van der Waals surface area contributed by atoms with E-state index in [1.165, 1.54) is 23.5 Å². The number of carbonyl (C=O) groups excluding carboxylic acids is 1. The van der Waals surface area contributed by atoms with Crippen molar-refractivity contribution in [1.29, 1.82) is 0 Å². The zero-order valence-electron chi connectivity index (χ0n) is 7.81. The molecule has 0 bridgehead atoms. The second kappa shape index (κ2) is 4.31. The second-order valence-corrected chi connectivity index (χ2v) is 4.05. The lowest BCUT2D eigenvalue weighted by molar-refractivity contribution is 0.112. The Bertz CT molecular complexity index is 467. The van der Waals surface area contributed by atoms with Gasteiger partial charge in [-0.2, -0.15) is 0 Å². The summed E-state index contributed by atoms with van der Waals surface area (Å²) in [6.07, 6.45) is 2.83. The van der Waals surface area contributed by atoms with Crippen molar-refractivity contribution in [3.05, 3.63) is 51.7 Å². The zero-order chi connectivity index (χ0) is 10.7. The van der Waals surface area contributed by atoms with Gasteiger partial charge in [-0.3, -0.25) is 4.79 Å². The summed E-state index contributed by atoms with van der Waals surface area (Å²) in [7, 11) is 0. The molecule has 0 aliphatic rings. The maximum absolute atomic E-state index is 13.4. The summed E-state index contributed by atoms with van der Waals surface area (Å²) in [4.78, 5) is 14.6. The van der Waals surface area contributed by atoms with Gasteiger partial charge in [0.05, 0.1) is 5.01 Å². The molecule has 0 aliphatic heterocycles. The molecule has 4 heteroatoms. The Hall–Kier alpha value is -1.55. The quantitative estimate of drug-likeness (QED) is 0.746. The second-order valence-electron chi connectivity index (χ2n) is 3.07. The fourth-order valence-corrected chi connectivity index (χ4v) is 1.95. The van der Waals surface area contributed by atoms with Crippen LogP contribution in [0.5, 0.6) is 0 Å². The smallest absolute Gasteiger partial charge is 0.150 e. The summed E-state index contributed by atoms with van der Waals surface area (Å²) in [5.74, 6) is -0.296. The fraction of sp³-hybridized carbons (Fsp3) is 0.0909. The minimum absolute atomic E-state index is 0.296. The molecule has 76 valence electrons. The number of nitrogens with zero attached hydrogens (tertiary/aromatic N) is 1. The Morgan fingerprint density at radius 3 is 3.00 bits per heavy atom. The van der Waals surface area contributed by atoms with E-state index in [2.05, 4.69) is 4.98 Å². The molecule has 1 aromatic heterocycles. The third-order valence-electron chi connectivity index (χ3n) is 2.03. The number of thiazole rings is 1. The molecule has 0 fully saturated rings. The van der Waals surface area contributed by atoms with Gasteiger partial charge in [-0.1, -0.05) is 0 Å². The van der Waals surface area contributed by atoms with Gasteiger partial charge in [0.2, 0.25) is 0 Å². The molecular formula is C11H8FNOS. The van der Waals surface area contributed by atoms with Crippen molar-refractivity contribution in [3.63, 3.8) is 0 Å². The highest BCUT2D eigenvalue weighted by Gasteiger charge is 2.05. The van der Waals surface area contributed by atoms with Gasteiger partial charge in [-0.25, -0.2) is 9.37 Å². The van der Waals surface area contributed by atoms with Gasteiger partial charge in [0.25, 0.3) is 0 Å². The van der Waals surface area contributed by atoms with Crippen LogP contribution in [0, 0.1) is 5.82 Å². The van der Waals surface area contributed by atoms with E-state index in [4.69, 9.17) is 0 Å². The van der Waals surface area contributed by atoms with E-state index in [-0.39, 0.29) is 5.82 Å². The number of aromatic nitrogens is 1. The summed E-state index contributed by atoms with van der Waals surface area (Å²) in [5.41, 5.74) is 0.998. The van der Waals surface area contributed by atoms with E-state index < -0.39 is 0 Å². The maximum Gasteiger partial charge on any atom is 0.150 e. The number of benzene rings is 1. The number of halogens is 1. The Kier molecular flexibility index (Phi) is 2.87. The molecule has 0 unspecified atom stereocenters. The molecule has 0 amide bonds. The third kappa shape index (κ3) is 2.27. The van der Waals surface area contributed by atoms with Crippen LogP contribution >= 0.6 is 11.3 Å². The van der Waals surface area contributed by atoms with Gasteiger partial charge >= 0.3 is 0 Å². The monoisotopic (exact) mass is 221 g/mol. The molecule has 2 nitrogen and oxygen atoms in total. The predicted molar refractivity (Wildman–Crippen MR) is 56.7 cm³/mol. The number of hydrogen-bond donors (Lipinski definition) is 0. The Morgan fingerprint density at radius 2 is 2.33 bits per heavy atom. The van der Waals surface area contributed by atoms with Crippen molar-refractivity contribution >= 4 is 17.6 Å². The van der Waals surface area contributed by atoms with Gasteiger partial charge in [-0.15, -0.1) is 11.3 Å². The Balaban J connectivity index is 2.31. The molecule has 0 saturated heterocycles. The number of aldehydes is 1. The molecular weight excluding hydrogens is 213 g/mol. The van der Waals surface area contributed by atoms with Gasteiger partial charge in [0.1, 0.15) is 12.1 Å². The lowest BCUT2D eigenvalue weighted by Crippen LogP contribution is -1.94.